The lowest BCUT2D eigenvalue weighted by Crippen LogP contribution is -2.62. The van der Waals surface area contributed by atoms with Crippen LogP contribution in [-0.2, 0) is 9.53 Å². The highest BCUT2D eigenvalue weighted by Crippen LogP contribution is 2.53. The number of rotatable bonds is 7. The molecule has 2 fully saturated rings. The summed E-state index contributed by atoms with van der Waals surface area (Å²) < 4.78 is 119. The molecule has 0 aromatic heterocycles. The average Bonchev–Trinajstić information content (AvgIpc) is 2.67. The number of carbonyl (C=O) groups is 1. The van der Waals surface area contributed by atoms with Crippen LogP contribution in [0, 0.1) is 23.7 Å². The van der Waals surface area contributed by atoms with E-state index in [4.69, 9.17) is 0 Å². The second-order valence-corrected chi connectivity index (χ2v) is 8.77. The van der Waals surface area contributed by atoms with Crippen LogP contribution in [0.2, 0.25) is 0 Å². The Kier molecular flexibility index (Phi) is 7.89. The zero-order valence-corrected chi connectivity index (χ0v) is 17.1. The van der Waals surface area contributed by atoms with Crippen LogP contribution in [0.4, 0.5) is 39.5 Å². The number of hydrogen-bond donors (Lipinski definition) is 0. The molecule has 31 heavy (non-hydrogen) atoms. The second-order valence-electron chi connectivity index (χ2n) is 8.77. The minimum atomic E-state index is -7.07. The minimum Gasteiger partial charge on any atom is -0.396 e. The Balaban J connectivity index is 1.91. The van der Waals surface area contributed by atoms with E-state index in [1.165, 1.54) is 0 Å². The second kappa shape index (κ2) is 9.37. The highest BCUT2D eigenvalue weighted by atomic mass is 19.4. The van der Waals surface area contributed by atoms with Crippen molar-refractivity contribution >= 4 is 5.97 Å². The van der Waals surface area contributed by atoms with E-state index in [1.807, 2.05) is 0 Å². The summed E-state index contributed by atoms with van der Waals surface area (Å²) in [5.74, 6) is -15.8. The first-order chi connectivity index (χ1) is 14.1. The molecule has 11 heteroatoms. The van der Waals surface area contributed by atoms with Crippen molar-refractivity contribution in [2.45, 2.75) is 95.3 Å². The summed E-state index contributed by atoms with van der Waals surface area (Å²) >= 11 is 0. The van der Waals surface area contributed by atoms with Gasteiger partial charge in [-0.1, -0.05) is 32.6 Å². The van der Waals surface area contributed by atoms with Gasteiger partial charge in [-0.15, -0.1) is 0 Å². The molecule has 0 aromatic carbocycles. The standard InChI is InChI=1S/C20H27F9O2/c1-2-3-12-4-6-13(7-5-12)14-8-10-15(11-9-14)16(30)31-20(28,29)18(23,24)17(21,22)19(25,26)27/h12-15H,2-11H2,1H3/t12-,13-,14-,15-. The maximum atomic E-state index is 13.5. The SMILES string of the molecule is CCC[C@H]1CC[C@H]([C@H]2CC[C@H](C(=O)OC(F)(F)C(F)(F)C(F)(F)C(F)(F)F)CC2)CC1. The van der Waals surface area contributed by atoms with Crippen LogP contribution < -0.4 is 0 Å². The lowest BCUT2D eigenvalue weighted by Gasteiger charge is -2.38. The van der Waals surface area contributed by atoms with Gasteiger partial charge in [0.1, 0.15) is 0 Å². The Morgan fingerprint density at radius 3 is 1.61 bits per heavy atom. The van der Waals surface area contributed by atoms with Crippen molar-refractivity contribution in [3.8, 4) is 0 Å². The Labute approximate surface area is 174 Å². The predicted octanol–water partition coefficient (Wildman–Crippen LogP) is 7.37. The van der Waals surface area contributed by atoms with E-state index in [-0.39, 0.29) is 18.8 Å². The molecule has 0 unspecified atom stereocenters. The van der Waals surface area contributed by atoms with Crippen molar-refractivity contribution in [1.82, 2.24) is 0 Å². The molecular weight excluding hydrogens is 443 g/mol. The van der Waals surface area contributed by atoms with Gasteiger partial charge in [0.2, 0.25) is 0 Å². The summed E-state index contributed by atoms with van der Waals surface area (Å²) in [5, 5.41) is 0. The number of alkyl halides is 9. The third-order valence-electron chi connectivity index (χ3n) is 6.70. The molecule has 0 heterocycles. The molecule has 0 aliphatic heterocycles. The highest BCUT2D eigenvalue weighted by molar-refractivity contribution is 5.72. The summed E-state index contributed by atoms with van der Waals surface area (Å²) in [6.07, 6.45) is -5.76. The van der Waals surface area contributed by atoms with E-state index >= 15 is 0 Å². The number of hydrogen-bond acceptors (Lipinski definition) is 2. The largest absolute Gasteiger partial charge is 0.473 e. The molecule has 2 aliphatic carbocycles. The fourth-order valence-electron chi connectivity index (χ4n) is 4.82. The van der Waals surface area contributed by atoms with Gasteiger partial charge in [-0.25, -0.2) is 0 Å². The van der Waals surface area contributed by atoms with Gasteiger partial charge in [0.15, 0.2) is 0 Å². The quantitative estimate of drug-likeness (QED) is 0.287. The van der Waals surface area contributed by atoms with Gasteiger partial charge >= 0.3 is 30.1 Å². The van der Waals surface area contributed by atoms with Crippen molar-refractivity contribution in [1.29, 1.82) is 0 Å². The van der Waals surface area contributed by atoms with E-state index in [9.17, 15) is 44.3 Å². The number of carbonyl (C=O) groups excluding carboxylic acids is 1. The van der Waals surface area contributed by atoms with E-state index in [2.05, 4.69) is 11.7 Å². The Hall–Kier alpha value is -1.16. The van der Waals surface area contributed by atoms with Crippen LogP contribution in [0.5, 0.6) is 0 Å². The van der Waals surface area contributed by atoms with E-state index in [0.29, 0.717) is 24.7 Å². The maximum Gasteiger partial charge on any atom is 0.473 e. The van der Waals surface area contributed by atoms with Gasteiger partial charge in [-0.3, -0.25) is 4.79 Å². The van der Waals surface area contributed by atoms with Gasteiger partial charge in [0.25, 0.3) is 0 Å². The van der Waals surface area contributed by atoms with Crippen molar-refractivity contribution in [3.05, 3.63) is 0 Å². The molecule has 0 N–H and O–H groups in total. The summed E-state index contributed by atoms with van der Waals surface area (Å²) in [6, 6.07) is 0. The van der Waals surface area contributed by atoms with Crippen LogP contribution in [0.15, 0.2) is 0 Å². The van der Waals surface area contributed by atoms with Crippen molar-refractivity contribution < 1.29 is 49.0 Å². The van der Waals surface area contributed by atoms with Gasteiger partial charge < -0.3 is 4.74 Å². The average molecular weight is 470 g/mol. The summed E-state index contributed by atoms with van der Waals surface area (Å²) in [5.41, 5.74) is 0. The summed E-state index contributed by atoms with van der Waals surface area (Å²) in [7, 11) is 0. The fourth-order valence-corrected chi connectivity index (χ4v) is 4.82. The number of ether oxygens (including phenoxy) is 1. The Morgan fingerprint density at radius 2 is 1.19 bits per heavy atom. The zero-order valence-electron chi connectivity index (χ0n) is 17.1. The van der Waals surface area contributed by atoms with Crippen LogP contribution >= 0.6 is 0 Å². The minimum absolute atomic E-state index is 0.0374. The van der Waals surface area contributed by atoms with Crippen LogP contribution in [0.1, 0.15) is 71.1 Å². The molecule has 0 bridgehead atoms. The lowest BCUT2D eigenvalue weighted by molar-refractivity contribution is -0.435. The van der Waals surface area contributed by atoms with Gasteiger partial charge in [-0.2, -0.15) is 39.5 Å². The predicted molar refractivity (Wildman–Crippen MR) is 92.8 cm³/mol. The Bertz CT molecular complexity index is 602. The van der Waals surface area contributed by atoms with Gasteiger partial charge in [-0.05, 0) is 56.3 Å². The molecule has 182 valence electrons. The number of halogens is 9. The monoisotopic (exact) mass is 470 g/mol. The van der Waals surface area contributed by atoms with Crippen LogP contribution in [-0.4, -0.2) is 30.1 Å². The van der Waals surface area contributed by atoms with E-state index < -0.39 is 36.0 Å². The van der Waals surface area contributed by atoms with E-state index in [1.54, 1.807) is 0 Å². The molecule has 0 radical (unpaired) electrons. The van der Waals surface area contributed by atoms with Gasteiger partial charge in [0.05, 0.1) is 5.92 Å². The number of esters is 1. The van der Waals surface area contributed by atoms with Gasteiger partial charge in [0, 0.05) is 0 Å². The normalized spacial score (nSPS) is 29.0. The summed E-state index contributed by atoms with van der Waals surface area (Å²) in [4.78, 5) is 11.9. The van der Waals surface area contributed by atoms with Crippen LogP contribution in [0.3, 0.4) is 0 Å². The first-order valence-electron chi connectivity index (χ1n) is 10.6. The third kappa shape index (κ3) is 5.43. The summed E-state index contributed by atoms with van der Waals surface area (Å²) in [6.45, 7) is 2.12. The maximum absolute atomic E-state index is 13.5. The zero-order chi connectivity index (χ0) is 23.7. The fraction of sp³-hybridized carbons (Fsp3) is 0.950. The topological polar surface area (TPSA) is 26.3 Å². The first kappa shape index (κ1) is 26.1. The van der Waals surface area contributed by atoms with E-state index in [0.717, 1.165) is 38.5 Å². The molecule has 2 nitrogen and oxygen atoms in total. The molecule has 0 spiro atoms. The molecular formula is C20H27F9O2. The third-order valence-corrected chi connectivity index (χ3v) is 6.70. The first-order valence-corrected chi connectivity index (χ1v) is 10.6. The molecule has 2 aliphatic rings. The Morgan fingerprint density at radius 1 is 0.742 bits per heavy atom. The molecule has 0 amide bonds. The van der Waals surface area contributed by atoms with Crippen molar-refractivity contribution in [3.63, 3.8) is 0 Å². The molecule has 2 saturated carbocycles. The lowest BCUT2D eigenvalue weighted by atomic mass is 9.69. The highest BCUT2D eigenvalue weighted by Gasteiger charge is 2.84. The smallest absolute Gasteiger partial charge is 0.396 e. The molecule has 0 aromatic rings. The molecule has 0 saturated heterocycles. The van der Waals surface area contributed by atoms with Crippen LogP contribution in [0.25, 0.3) is 0 Å². The van der Waals surface area contributed by atoms with Crippen molar-refractivity contribution in [2.24, 2.45) is 23.7 Å². The van der Waals surface area contributed by atoms with Crippen molar-refractivity contribution in [2.75, 3.05) is 0 Å². The molecule has 0 atom stereocenters. The molecule has 2 rings (SSSR count).